The number of rotatable bonds is 1. The van der Waals surface area contributed by atoms with E-state index in [0.29, 0.717) is 6.54 Å². The highest BCUT2D eigenvalue weighted by Gasteiger charge is 2.25. The van der Waals surface area contributed by atoms with Gasteiger partial charge in [-0.25, -0.2) is 0 Å². The zero-order valence-electron chi connectivity index (χ0n) is 7.41. The summed E-state index contributed by atoms with van der Waals surface area (Å²) in [4.78, 5) is 11.5. The van der Waals surface area contributed by atoms with Gasteiger partial charge in [-0.05, 0) is 17.4 Å². The molecule has 1 aromatic rings. The Morgan fingerprint density at radius 1 is 1.46 bits per heavy atom. The van der Waals surface area contributed by atoms with Crippen molar-refractivity contribution >= 4 is 17.7 Å². The van der Waals surface area contributed by atoms with Crippen molar-refractivity contribution in [2.24, 2.45) is 0 Å². The highest BCUT2D eigenvalue weighted by atomic mass is 32.2. The molecule has 0 aliphatic carbocycles. The summed E-state index contributed by atoms with van der Waals surface area (Å²) in [5.74, 6) is 0.131. The van der Waals surface area contributed by atoms with Crippen LogP contribution in [0.15, 0.2) is 24.3 Å². The molecule has 1 N–H and O–H groups in total. The van der Waals surface area contributed by atoms with Gasteiger partial charge in [0.15, 0.2) is 0 Å². The Balaban J connectivity index is 2.45. The first-order valence-electron chi connectivity index (χ1n) is 4.21. The van der Waals surface area contributed by atoms with E-state index in [1.807, 2.05) is 24.5 Å². The van der Waals surface area contributed by atoms with Gasteiger partial charge in [0.1, 0.15) is 5.25 Å². The number of benzene rings is 1. The van der Waals surface area contributed by atoms with Crippen molar-refractivity contribution in [3.8, 4) is 0 Å². The SMILES string of the molecule is CSC1C(=O)NCc2ccccc21. The molecule has 2 nitrogen and oxygen atoms in total. The van der Waals surface area contributed by atoms with Crippen LogP contribution in [0.3, 0.4) is 0 Å². The number of carbonyl (C=O) groups excluding carboxylic acids is 1. The molecule has 3 heteroatoms. The van der Waals surface area contributed by atoms with Crippen LogP contribution >= 0.6 is 11.8 Å². The van der Waals surface area contributed by atoms with Crippen molar-refractivity contribution in [1.82, 2.24) is 5.32 Å². The Kier molecular flexibility index (Phi) is 2.27. The summed E-state index contributed by atoms with van der Waals surface area (Å²) in [7, 11) is 0. The summed E-state index contributed by atoms with van der Waals surface area (Å²) in [6.07, 6.45) is 1.96. The van der Waals surface area contributed by atoms with Crippen LogP contribution in [0.25, 0.3) is 0 Å². The van der Waals surface area contributed by atoms with E-state index in [1.54, 1.807) is 11.8 Å². The number of hydrogen-bond donors (Lipinski definition) is 1. The first kappa shape index (κ1) is 8.63. The van der Waals surface area contributed by atoms with Crippen molar-refractivity contribution in [3.63, 3.8) is 0 Å². The highest BCUT2D eigenvalue weighted by Crippen LogP contribution is 2.32. The number of nitrogens with one attached hydrogen (secondary N) is 1. The minimum Gasteiger partial charge on any atom is -0.351 e. The molecule has 68 valence electrons. The summed E-state index contributed by atoms with van der Waals surface area (Å²) >= 11 is 1.58. The Bertz CT molecular complexity index is 337. The molecule has 1 atom stereocenters. The molecular formula is C10H11NOS. The normalized spacial score (nSPS) is 20.7. The van der Waals surface area contributed by atoms with E-state index in [2.05, 4.69) is 11.4 Å². The highest BCUT2D eigenvalue weighted by molar-refractivity contribution is 7.99. The average molecular weight is 193 g/mol. The molecule has 13 heavy (non-hydrogen) atoms. The van der Waals surface area contributed by atoms with E-state index in [4.69, 9.17) is 0 Å². The van der Waals surface area contributed by atoms with Crippen molar-refractivity contribution in [2.45, 2.75) is 11.8 Å². The van der Waals surface area contributed by atoms with Crippen LogP contribution in [0.5, 0.6) is 0 Å². The second-order valence-corrected chi connectivity index (χ2v) is 3.98. The lowest BCUT2D eigenvalue weighted by Gasteiger charge is -2.23. The lowest BCUT2D eigenvalue weighted by molar-refractivity contribution is -0.121. The van der Waals surface area contributed by atoms with E-state index >= 15 is 0 Å². The molecule has 0 radical (unpaired) electrons. The fraction of sp³-hybridized carbons (Fsp3) is 0.300. The van der Waals surface area contributed by atoms with Crippen LogP contribution in [0.1, 0.15) is 16.4 Å². The predicted octanol–water partition coefficient (Wildman–Crippen LogP) is 1.72. The molecule has 0 saturated heterocycles. The van der Waals surface area contributed by atoms with Crippen molar-refractivity contribution in [3.05, 3.63) is 35.4 Å². The topological polar surface area (TPSA) is 29.1 Å². The largest absolute Gasteiger partial charge is 0.351 e. The average Bonchev–Trinajstić information content (AvgIpc) is 2.18. The van der Waals surface area contributed by atoms with Gasteiger partial charge in [-0.15, -0.1) is 11.8 Å². The first-order valence-corrected chi connectivity index (χ1v) is 5.50. The standard InChI is InChI=1S/C10H11NOS/c1-13-9-8-5-3-2-4-7(8)6-11-10(9)12/h2-5,9H,6H2,1H3,(H,11,12). The molecule has 1 heterocycles. The fourth-order valence-corrected chi connectivity index (χ4v) is 2.38. The predicted molar refractivity (Wildman–Crippen MR) is 54.5 cm³/mol. The first-order chi connectivity index (χ1) is 6.33. The summed E-state index contributed by atoms with van der Waals surface area (Å²) in [5.41, 5.74) is 2.40. The summed E-state index contributed by atoms with van der Waals surface area (Å²) < 4.78 is 0. The van der Waals surface area contributed by atoms with Gasteiger partial charge in [0.2, 0.25) is 5.91 Å². The van der Waals surface area contributed by atoms with Crippen LogP contribution in [-0.2, 0) is 11.3 Å². The lowest BCUT2D eigenvalue weighted by Crippen LogP contribution is -2.32. The zero-order chi connectivity index (χ0) is 9.26. The molecule has 1 aliphatic rings. The van der Waals surface area contributed by atoms with Crippen LogP contribution in [0.2, 0.25) is 0 Å². The van der Waals surface area contributed by atoms with E-state index in [0.717, 1.165) is 0 Å². The lowest BCUT2D eigenvalue weighted by atomic mass is 10.0. The van der Waals surface area contributed by atoms with Gasteiger partial charge in [-0.2, -0.15) is 0 Å². The summed E-state index contributed by atoms with van der Waals surface area (Å²) in [5, 5.41) is 2.86. The number of thioether (sulfide) groups is 1. The number of fused-ring (bicyclic) bond motifs is 1. The van der Waals surface area contributed by atoms with E-state index in [1.165, 1.54) is 11.1 Å². The Labute approximate surface area is 81.7 Å². The molecule has 1 unspecified atom stereocenters. The van der Waals surface area contributed by atoms with E-state index < -0.39 is 0 Å². The second kappa shape index (κ2) is 3.42. The van der Waals surface area contributed by atoms with Gasteiger partial charge in [-0.1, -0.05) is 24.3 Å². The molecule has 0 spiro atoms. The number of amides is 1. The maximum absolute atomic E-state index is 11.5. The molecule has 2 rings (SSSR count). The zero-order valence-corrected chi connectivity index (χ0v) is 8.23. The Hall–Kier alpha value is -0.960. The van der Waals surface area contributed by atoms with Crippen LogP contribution < -0.4 is 5.32 Å². The van der Waals surface area contributed by atoms with E-state index in [9.17, 15) is 4.79 Å². The minimum atomic E-state index is -0.0232. The second-order valence-electron chi connectivity index (χ2n) is 3.03. The van der Waals surface area contributed by atoms with Crippen molar-refractivity contribution in [2.75, 3.05) is 6.26 Å². The fourth-order valence-electron chi connectivity index (χ4n) is 1.60. The molecule has 0 saturated carbocycles. The monoisotopic (exact) mass is 193 g/mol. The molecule has 0 bridgehead atoms. The van der Waals surface area contributed by atoms with Gasteiger partial charge in [0.05, 0.1) is 0 Å². The third-order valence-electron chi connectivity index (χ3n) is 2.26. The van der Waals surface area contributed by atoms with E-state index in [-0.39, 0.29) is 11.2 Å². The summed E-state index contributed by atoms with van der Waals surface area (Å²) in [6.45, 7) is 0.673. The van der Waals surface area contributed by atoms with Crippen LogP contribution in [0, 0.1) is 0 Å². The molecular weight excluding hydrogens is 182 g/mol. The maximum Gasteiger partial charge on any atom is 0.237 e. The van der Waals surface area contributed by atoms with Gasteiger partial charge >= 0.3 is 0 Å². The van der Waals surface area contributed by atoms with Crippen LogP contribution in [-0.4, -0.2) is 12.2 Å². The van der Waals surface area contributed by atoms with Gasteiger partial charge in [-0.3, -0.25) is 4.79 Å². The smallest absolute Gasteiger partial charge is 0.237 e. The third-order valence-corrected chi connectivity index (χ3v) is 3.20. The maximum atomic E-state index is 11.5. The molecule has 0 fully saturated rings. The molecule has 0 aromatic heterocycles. The van der Waals surface area contributed by atoms with Crippen molar-refractivity contribution < 1.29 is 4.79 Å². The quantitative estimate of drug-likeness (QED) is 0.735. The third kappa shape index (κ3) is 1.44. The van der Waals surface area contributed by atoms with Crippen molar-refractivity contribution in [1.29, 1.82) is 0 Å². The molecule has 1 aromatic carbocycles. The molecule has 1 aliphatic heterocycles. The van der Waals surface area contributed by atoms with Crippen LogP contribution in [0.4, 0.5) is 0 Å². The van der Waals surface area contributed by atoms with Gasteiger partial charge in [0.25, 0.3) is 0 Å². The number of hydrogen-bond acceptors (Lipinski definition) is 2. The number of carbonyl (C=O) groups is 1. The minimum absolute atomic E-state index is 0.0232. The van der Waals surface area contributed by atoms with Gasteiger partial charge < -0.3 is 5.32 Å². The Morgan fingerprint density at radius 3 is 3.00 bits per heavy atom. The van der Waals surface area contributed by atoms with Gasteiger partial charge in [0, 0.05) is 6.54 Å². The summed E-state index contributed by atoms with van der Waals surface area (Å²) in [6, 6.07) is 8.10. The molecule has 1 amide bonds. The Morgan fingerprint density at radius 2 is 2.23 bits per heavy atom.